The first-order chi connectivity index (χ1) is 17.4. The van der Waals surface area contributed by atoms with Gasteiger partial charge in [0.15, 0.2) is 5.65 Å². The number of carbonyl (C=O) groups is 1. The number of aromatic nitrogens is 4. The Morgan fingerprint density at radius 2 is 1.69 bits per heavy atom. The quantitative estimate of drug-likeness (QED) is 0.412. The van der Waals surface area contributed by atoms with Crippen molar-refractivity contribution in [3.05, 3.63) is 77.0 Å². The summed E-state index contributed by atoms with van der Waals surface area (Å²) in [7, 11) is 0. The minimum atomic E-state index is -0.293. The van der Waals surface area contributed by atoms with Gasteiger partial charge in [-0.05, 0) is 50.1 Å². The predicted molar refractivity (Wildman–Crippen MR) is 139 cm³/mol. The SMILES string of the molecule is CCC(=O)N1CCCN(c2nc(Cc3ccc(C)cc3)nc3c2c(C)nn3-c2ccc(F)cc2)CC1. The van der Waals surface area contributed by atoms with Crippen molar-refractivity contribution in [3.8, 4) is 5.69 Å². The Hall–Kier alpha value is -3.81. The van der Waals surface area contributed by atoms with E-state index in [4.69, 9.17) is 15.1 Å². The number of fused-ring (bicyclic) bond motifs is 1. The Morgan fingerprint density at radius 1 is 0.944 bits per heavy atom. The maximum atomic E-state index is 13.6. The van der Waals surface area contributed by atoms with Crippen LogP contribution in [-0.2, 0) is 11.2 Å². The molecule has 1 fully saturated rings. The molecule has 2 aromatic carbocycles. The third-order valence-corrected chi connectivity index (χ3v) is 6.73. The van der Waals surface area contributed by atoms with Gasteiger partial charge in [0.2, 0.25) is 5.91 Å². The molecule has 0 aliphatic carbocycles. The zero-order valence-electron chi connectivity index (χ0n) is 21.0. The normalized spacial score (nSPS) is 14.3. The summed E-state index contributed by atoms with van der Waals surface area (Å²) in [5.41, 5.74) is 4.60. The van der Waals surface area contributed by atoms with E-state index < -0.39 is 0 Å². The molecule has 36 heavy (non-hydrogen) atoms. The van der Waals surface area contributed by atoms with Crippen LogP contribution < -0.4 is 4.90 Å². The molecular weight excluding hydrogens is 455 g/mol. The van der Waals surface area contributed by atoms with Gasteiger partial charge in [0.1, 0.15) is 17.5 Å². The summed E-state index contributed by atoms with van der Waals surface area (Å²) in [5.74, 6) is 1.44. The molecule has 0 bridgehead atoms. The number of halogens is 1. The van der Waals surface area contributed by atoms with Crippen LogP contribution in [-0.4, -0.2) is 56.7 Å². The van der Waals surface area contributed by atoms with Gasteiger partial charge in [-0.25, -0.2) is 19.0 Å². The van der Waals surface area contributed by atoms with Crippen LogP contribution in [0.1, 0.15) is 42.4 Å². The number of benzene rings is 2. The molecular formula is C28H31FN6O. The van der Waals surface area contributed by atoms with Crippen molar-refractivity contribution in [1.29, 1.82) is 0 Å². The average molecular weight is 487 g/mol. The van der Waals surface area contributed by atoms with Gasteiger partial charge in [-0.2, -0.15) is 5.10 Å². The van der Waals surface area contributed by atoms with Crippen LogP contribution in [0.5, 0.6) is 0 Å². The number of nitrogens with zero attached hydrogens (tertiary/aromatic N) is 6. The first-order valence-electron chi connectivity index (χ1n) is 12.5. The van der Waals surface area contributed by atoms with Crippen molar-refractivity contribution in [2.45, 2.75) is 40.0 Å². The standard InChI is InChI=1S/C28H31FN6O/c1-4-25(36)33-14-5-15-34(17-16-33)27-26-20(3)32-35(23-12-10-22(29)11-13-23)28(26)31-24(30-27)18-21-8-6-19(2)7-9-21/h6-13H,4-5,14-18H2,1-3H3. The number of carbonyl (C=O) groups excluding carboxylic acids is 1. The van der Waals surface area contributed by atoms with Gasteiger partial charge in [-0.1, -0.05) is 36.8 Å². The second-order valence-electron chi connectivity index (χ2n) is 9.37. The van der Waals surface area contributed by atoms with Crippen LogP contribution >= 0.6 is 0 Å². The molecule has 2 aromatic heterocycles. The largest absolute Gasteiger partial charge is 0.354 e. The number of anilines is 1. The average Bonchev–Trinajstić information content (AvgIpc) is 3.05. The van der Waals surface area contributed by atoms with Crippen LogP contribution in [0.15, 0.2) is 48.5 Å². The minimum absolute atomic E-state index is 0.185. The van der Waals surface area contributed by atoms with Crippen LogP contribution in [0.3, 0.4) is 0 Å². The summed E-state index contributed by atoms with van der Waals surface area (Å²) < 4.78 is 15.4. The smallest absolute Gasteiger partial charge is 0.222 e. The van der Waals surface area contributed by atoms with Crippen molar-refractivity contribution in [3.63, 3.8) is 0 Å². The highest BCUT2D eigenvalue weighted by Crippen LogP contribution is 2.30. The van der Waals surface area contributed by atoms with E-state index in [1.807, 2.05) is 18.7 Å². The van der Waals surface area contributed by atoms with E-state index in [1.54, 1.807) is 16.8 Å². The predicted octanol–water partition coefficient (Wildman–Crippen LogP) is 4.61. The van der Waals surface area contributed by atoms with E-state index in [1.165, 1.54) is 17.7 Å². The highest BCUT2D eigenvalue weighted by Gasteiger charge is 2.24. The lowest BCUT2D eigenvalue weighted by molar-refractivity contribution is -0.130. The minimum Gasteiger partial charge on any atom is -0.354 e. The molecule has 0 radical (unpaired) electrons. The van der Waals surface area contributed by atoms with Gasteiger partial charge < -0.3 is 9.80 Å². The van der Waals surface area contributed by atoms with E-state index in [0.29, 0.717) is 37.4 Å². The Bertz CT molecular complexity index is 1380. The lowest BCUT2D eigenvalue weighted by atomic mass is 10.1. The second kappa shape index (κ2) is 10.0. The number of hydrogen-bond acceptors (Lipinski definition) is 5. The molecule has 0 N–H and O–H groups in total. The van der Waals surface area contributed by atoms with Gasteiger partial charge >= 0.3 is 0 Å². The molecule has 8 heteroatoms. The lowest BCUT2D eigenvalue weighted by Gasteiger charge is -2.24. The van der Waals surface area contributed by atoms with Gasteiger partial charge in [0, 0.05) is 39.0 Å². The molecule has 1 aliphatic rings. The molecule has 5 rings (SSSR count). The van der Waals surface area contributed by atoms with Crippen molar-refractivity contribution in [1.82, 2.24) is 24.6 Å². The summed E-state index contributed by atoms with van der Waals surface area (Å²) in [6.45, 7) is 8.84. The number of aryl methyl sites for hydroxylation is 2. The number of rotatable bonds is 5. The summed E-state index contributed by atoms with van der Waals surface area (Å²) in [5, 5.41) is 5.68. The lowest BCUT2D eigenvalue weighted by Crippen LogP contribution is -2.35. The molecule has 0 unspecified atom stereocenters. The summed E-state index contributed by atoms with van der Waals surface area (Å²) in [4.78, 5) is 26.5. The molecule has 0 atom stereocenters. The van der Waals surface area contributed by atoms with Crippen LogP contribution in [0.4, 0.5) is 10.2 Å². The topological polar surface area (TPSA) is 67.2 Å². The van der Waals surface area contributed by atoms with E-state index in [-0.39, 0.29) is 11.7 Å². The molecule has 4 aromatic rings. The molecule has 0 saturated carbocycles. The Morgan fingerprint density at radius 3 is 2.42 bits per heavy atom. The third kappa shape index (κ3) is 4.80. The maximum Gasteiger partial charge on any atom is 0.222 e. The molecule has 7 nitrogen and oxygen atoms in total. The summed E-state index contributed by atoms with van der Waals surface area (Å²) in [6, 6.07) is 14.7. The van der Waals surface area contributed by atoms with Crippen molar-refractivity contribution < 1.29 is 9.18 Å². The fourth-order valence-corrected chi connectivity index (χ4v) is 4.77. The zero-order chi connectivity index (χ0) is 25.2. The first kappa shape index (κ1) is 23.9. The fourth-order valence-electron chi connectivity index (χ4n) is 4.77. The Labute approximate surface area is 210 Å². The van der Waals surface area contributed by atoms with Crippen LogP contribution in [0.2, 0.25) is 0 Å². The van der Waals surface area contributed by atoms with Gasteiger partial charge in [0.25, 0.3) is 0 Å². The van der Waals surface area contributed by atoms with Crippen LogP contribution in [0, 0.1) is 19.7 Å². The van der Waals surface area contributed by atoms with Gasteiger partial charge in [-0.3, -0.25) is 4.79 Å². The Kier molecular flexibility index (Phi) is 6.67. The molecule has 1 aliphatic heterocycles. The van der Waals surface area contributed by atoms with E-state index in [9.17, 15) is 9.18 Å². The zero-order valence-corrected chi connectivity index (χ0v) is 21.0. The van der Waals surface area contributed by atoms with E-state index >= 15 is 0 Å². The Balaban J connectivity index is 1.61. The first-order valence-corrected chi connectivity index (χ1v) is 12.5. The van der Waals surface area contributed by atoms with Crippen molar-refractivity contribution >= 4 is 22.8 Å². The van der Waals surface area contributed by atoms with E-state index in [2.05, 4.69) is 36.1 Å². The second-order valence-corrected chi connectivity index (χ2v) is 9.37. The summed E-state index contributed by atoms with van der Waals surface area (Å²) >= 11 is 0. The molecule has 3 heterocycles. The van der Waals surface area contributed by atoms with E-state index in [0.717, 1.165) is 47.7 Å². The van der Waals surface area contributed by atoms with Crippen molar-refractivity contribution in [2.75, 3.05) is 31.1 Å². The van der Waals surface area contributed by atoms with Crippen LogP contribution in [0.25, 0.3) is 16.7 Å². The monoisotopic (exact) mass is 486 g/mol. The molecule has 1 saturated heterocycles. The fraction of sp³-hybridized carbons (Fsp3) is 0.357. The third-order valence-electron chi connectivity index (χ3n) is 6.73. The molecule has 186 valence electrons. The summed E-state index contributed by atoms with van der Waals surface area (Å²) in [6.07, 6.45) is 1.98. The number of hydrogen-bond donors (Lipinski definition) is 0. The van der Waals surface area contributed by atoms with Crippen molar-refractivity contribution in [2.24, 2.45) is 0 Å². The van der Waals surface area contributed by atoms with Gasteiger partial charge in [0.05, 0.1) is 16.8 Å². The van der Waals surface area contributed by atoms with Gasteiger partial charge in [-0.15, -0.1) is 0 Å². The molecule has 1 amide bonds. The highest BCUT2D eigenvalue weighted by atomic mass is 19.1. The maximum absolute atomic E-state index is 13.6. The number of amides is 1. The highest BCUT2D eigenvalue weighted by molar-refractivity contribution is 5.91. The molecule has 0 spiro atoms.